The van der Waals surface area contributed by atoms with Gasteiger partial charge in [-0.1, -0.05) is 42.5 Å². The van der Waals surface area contributed by atoms with Gasteiger partial charge in [0.05, 0.1) is 12.2 Å². The molecule has 1 saturated heterocycles. The Hall–Kier alpha value is -2.44. The Kier molecular flexibility index (Phi) is 7.01. The Labute approximate surface area is 171 Å². The summed E-state index contributed by atoms with van der Waals surface area (Å²) in [6.07, 6.45) is 0.331. The number of carbonyl (C=O) groups is 1. The lowest BCUT2D eigenvalue weighted by atomic mass is 10.1. The van der Waals surface area contributed by atoms with Crippen molar-refractivity contribution in [3.63, 3.8) is 0 Å². The molecular weight excluding hydrogens is 372 g/mol. The first-order chi connectivity index (χ1) is 13.5. The highest BCUT2D eigenvalue weighted by Gasteiger charge is 2.24. The fourth-order valence-electron chi connectivity index (χ4n) is 3.22. The highest BCUT2D eigenvalue weighted by Crippen LogP contribution is 2.18. The van der Waals surface area contributed by atoms with Crippen LogP contribution in [0.2, 0.25) is 0 Å². The predicted octanol–water partition coefficient (Wildman–Crippen LogP) is 3.17. The maximum Gasteiger partial charge on any atom is 0.258 e. The molecule has 2 aromatic carbocycles. The van der Waals surface area contributed by atoms with Gasteiger partial charge in [-0.3, -0.25) is 4.79 Å². The molecule has 3 rings (SSSR count). The second-order valence-corrected chi connectivity index (χ2v) is 7.43. The first-order valence-electron chi connectivity index (χ1n) is 9.49. The summed E-state index contributed by atoms with van der Waals surface area (Å²) in [6, 6.07) is 17.3. The molecule has 0 radical (unpaired) electrons. The van der Waals surface area contributed by atoms with E-state index in [-0.39, 0.29) is 24.7 Å². The predicted molar refractivity (Wildman–Crippen MR) is 114 cm³/mol. The van der Waals surface area contributed by atoms with Crippen LogP contribution in [0, 0.1) is 0 Å². The number of thiocarbonyl (C=S) groups is 1. The number of benzene rings is 2. The Bertz CT molecular complexity index is 785. The molecule has 1 amide bonds. The van der Waals surface area contributed by atoms with E-state index < -0.39 is 0 Å². The molecule has 0 aromatic heterocycles. The minimum absolute atomic E-state index is 0.0187. The van der Waals surface area contributed by atoms with Crippen LogP contribution in [0.3, 0.4) is 0 Å². The van der Waals surface area contributed by atoms with Crippen molar-refractivity contribution in [3.05, 3.63) is 65.7 Å². The molecule has 1 N–H and O–H groups in total. The van der Waals surface area contributed by atoms with Gasteiger partial charge in [-0.2, -0.15) is 0 Å². The SMILES string of the molecule is C[C@@H]1CN(C(=S)c2ccc(OCC(=O)NCc3ccccc3)cc2)C[C@@H](C)O1. The smallest absolute Gasteiger partial charge is 0.258 e. The molecule has 148 valence electrons. The summed E-state index contributed by atoms with van der Waals surface area (Å²) in [4.78, 5) is 15.0. The maximum absolute atomic E-state index is 12.0. The van der Waals surface area contributed by atoms with E-state index in [1.165, 1.54) is 0 Å². The molecule has 2 aromatic rings. The maximum atomic E-state index is 12.0. The molecule has 6 heteroatoms. The average Bonchev–Trinajstić information content (AvgIpc) is 2.70. The molecule has 0 bridgehead atoms. The molecule has 1 fully saturated rings. The number of amides is 1. The van der Waals surface area contributed by atoms with Gasteiger partial charge < -0.3 is 19.7 Å². The Morgan fingerprint density at radius 3 is 2.39 bits per heavy atom. The van der Waals surface area contributed by atoms with Crippen LogP contribution in [-0.4, -0.2) is 47.7 Å². The van der Waals surface area contributed by atoms with Crippen molar-refractivity contribution in [3.8, 4) is 5.75 Å². The van der Waals surface area contributed by atoms with Crippen molar-refractivity contribution in [2.75, 3.05) is 19.7 Å². The topological polar surface area (TPSA) is 50.8 Å². The fourth-order valence-corrected chi connectivity index (χ4v) is 3.50. The number of hydrogen-bond donors (Lipinski definition) is 1. The average molecular weight is 399 g/mol. The third-order valence-electron chi connectivity index (χ3n) is 4.51. The van der Waals surface area contributed by atoms with Crippen LogP contribution in [0.25, 0.3) is 0 Å². The third kappa shape index (κ3) is 5.78. The van der Waals surface area contributed by atoms with Gasteiger partial charge in [-0.15, -0.1) is 0 Å². The van der Waals surface area contributed by atoms with Crippen LogP contribution in [0.15, 0.2) is 54.6 Å². The van der Waals surface area contributed by atoms with Crippen molar-refractivity contribution in [1.82, 2.24) is 10.2 Å². The van der Waals surface area contributed by atoms with Crippen LogP contribution in [0.4, 0.5) is 0 Å². The van der Waals surface area contributed by atoms with E-state index >= 15 is 0 Å². The normalized spacial score (nSPS) is 19.1. The first kappa shape index (κ1) is 20.3. The first-order valence-corrected chi connectivity index (χ1v) is 9.90. The summed E-state index contributed by atoms with van der Waals surface area (Å²) in [6.45, 7) is 6.18. The van der Waals surface area contributed by atoms with Crippen LogP contribution in [-0.2, 0) is 16.1 Å². The summed E-state index contributed by atoms with van der Waals surface area (Å²) in [5.41, 5.74) is 2.03. The van der Waals surface area contributed by atoms with Gasteiger partial charge in [0.1, 0.15) is 10.7 Å². The third-order valence-corrected chi connectivity index (χ3v) is 5.00. The van der Waals surface area contributed by atoms with E-state index in [0.717, 1.165) is 29.2 Å². The van der Waals surface area contributed by atoms with Crippen molar-refractivity contribution in [2.45, 2.75) is 32.6 Å². The van der Waals surface area contributed by atoms with E-state index in [2.05, 4.69) is 24.1 Å². The van der Waals surface area contributed by atoms with Crippen molar-refractivity contribution in [1.29, 1.82) is 0 Å². The molecule has 2 atom stereocenters. The van der Waals surface area contributed by atoms with Crippen LogP contribution in [0.1, 0.15) is 25.0 Å². The van der Waals surface area contributed by atoms with Crippen LogP contribution in [0.5, 0.6) is 5.75 Å². The minimum atomic E-state index is -0.153. The van der Waals surface area contributed by atoms with E-state index in [9.17, 15) is 4.79 Å². The van der Waals surface area contributed by atoms with Gasteiger partial charge in [0.15, 0.2) is 6.61 Å². The molecule has 1 heterocycles. The van der Waals surface area contributed by atoms with E-state index in [4.69, 9.17) is 21.7 Å². The summed E-state index contributed by atoms with van der Waals surface area (Å²) < 4.78 is 11.3. The molecule has 1 aliphatic rings. The second kappa shape index (κ2) is 9.66. The molecule has 0 spiro atoms. The molecule has 0 saturated carbocycles. The van der Waals surface area contributed by atoms with Crippen molar-refractivity contribution < 1.29 is 14.3 Å². The van der Waals surface area contributed by atoms with Crippen LogP contribution >= 0.6 is 12.2 Å². The summed E-state index contributed by atoms with van der Waals surface area (Å²) in [5.74, 6) is 0.491. The highest BCUT2D eigenvalue weighted by molar-refractivity contribution is 7.80. The van der Waals surface area contributed by atoms with E-state index in [0.29, 0.717) is 12.3 Å². The standard InChI is InChI=1S/C22H26N2O3S/c1-16-13-24(14-17(2)27-16)22(28)19-8-10-20(11-9-19)26-15-21(25)23-12-18-6-4-3-5-7-18/h3-11,16-17H,12-15H2,1-2H3,(H,23,25)/t16-,17-/m1/s1. The minimum Gasteiger partial charge on any atom is -0.484 e. The molecule has 1 aliphatic heterocycles. The van der Waals surface area contributed by atoms with Gasteiger partial charge >= 0.3 is 0 Å². The lowest BCUT2D eigenvalue weighted by Gasteiger charge is -2.37. The molecule has 0 aliphatic carbocycles. The lowest BCUT2D eigenvalue weighted by molar-refractivity contribution is -0.123. The number of ether oxygens (including phenoxy) is 2. The summed E-state index contributed by atoms with van der Waals surface area (Å²) in [5, 5.41) is 2.85. The van der Waals surface area contributed by atoms with Crippen molar-refractivity contribution >= 4 is 23.1 Å². The molecule has 5 nitrogen and oxygen atoms in total. The van der Waals surface area contributed by atoms with E-state index in [1.54, 1.807) is 0 Å². The molecular formula is C22H26N2O3S. The van der Waals surface area contributed by atoms with E-state index in [1.807, 2.05) is 54.6 Å². The number of nitrogens with one attached hydrogen (secondary N) is 1. The zero-order valence-electron chi connectivity index (χ0n) is 16.3. The largest absolute Gasteiger partial charge is 0.484 e. The molecule has 0 unspecified atom stereocenters. The number of nitrogens with zero attached hydrogens (tertiary/aromatic N) is 1. The Morgan fingerprint density at radius 1 is 1.11 bits per heavy atom. The van der Waals surface area contributed by atoms with Gasteiger partial charge in [0.25, 0.3) is 5.91 Å². The Balaban J connectivity index is 1.47. The quantitative estimate of drug-likeness (QED) is 0.758. The van der Waals surface area contributed by atoms with Crippen LogP contribution < -0.4 is 10.1 Å². The van der Waals surface area contributed by atoms with Gasteiger partial charge in [0, 0.05) is 25.2 Å². The second-order valence-electron chi connectivity index (χ2n) is 7.04. The fraction of sp³-hybridized carbons (Fsp3) is 0.364. The molecule has 28 heavy (non-hydrogen) atoms. The number of carbonyl (C=O) groups excluding carboxylic acids is 1. The number of morpholine rings is 1. The highest BCUT2D eigenvalue weighted by atomic mass is 32.1. The zero-order chi connectivity index (χ0) is 19.9. The summed E-state index contributed by atoms with van der Waals surface area (Å²) in [7, 11) is 0. The Morgan fingerprint density at radius 2 is 1.75 bits per heavy atom. The van der Waals surface area contributed by atoms with Gasteiger partial charge in [0.2, 0.25) is 0 Å². The van der Waals surface area contributed by atoms with Crippen molar-refractivity contribution in [2.24, 2.45) is 0 Å². The van der Waals surface area contributed by atoms with Gasteiger partial charge in [-0.05, 0) is 43.7 Å². The lowest BCUT2D eigenvalue weighted by Crippen LogP contribution is -2.47. The zero-order valence-corrected chi connectivity index (χ0v) is 17.1. The summed E-state index contributed by atoms with van der Waals surface area (Å²) >= 11 is 5.64. The van der Waals surface area contributed by atoms with Gasteiger partial charge in [-0.25, -0.2) is 0 Å². The number of rotatable bonds is 6. The number of hydrogen-bond acceptors (Lipinski definition) is 4. The monoisotopic (exact) mass is 398 g/mol.